The third-order valence-corrected chi connectivity index (χ3v) is 3.49. The second-order valence-corrected chi connectivity index (χ2v) is 5.24. The van der Waals surface area contributed by atoms with Crippen LogP contribution in [0.15, 0.2) is 52.9 Å². The second kappa shape index (κ2) is 6.03. The van der Waals surface area contributed by atoms with Crippen LogP contribution in [0.25, 0.3) is 11.5 Å². The second-order valence-electron chi connectivity index (χ2n) is 4.89. The molecule has 0 saturated heterocycles. The lowest BCUT2D eigenvalue weighted by Gasteiger charge is -2.06. The molecule has 0 aliphatic rings. The molecule has 22 heavy (non-hydrogen) atoms. The molecular weight excluding hydrogens is 298 g/mol. The highest BCUT2D eigenvalue weighted by Crippen LogP contribution is 2.27. The van der Waals surface area contributed by atoms with E-state index in [1.54, 1.807) is 28.9 Å². The molecule has 3 rings (SSSR count). The van der Waals surface area contributed by atoms with Crippen molar-refractivity contribution in [3.8, 4) is 17.2 Å². The lowest BCUT2D eigenvalue weighted by atomic mass is 10.2. The van der Waals surface area contributed by atoms with Crippen LogP contribution in [-0.2, 0) is 6.67 Å². The Morgan fingerprint density at radius 3 is 2.82 bits per heavy atom. The fourth-order valence-corrected chi connectivity index (χ4v) is 2.28. The van der Waals surface area contributed by atoms with E-state index in [4.69, 9.17) is 16.6 Å². The van der Waals surface area contributed by atoms with Gasteiger partial charge in [-0.25, -0.2) is 4.68 Å². The number of nitrogens with zero attached hydrogens (tertiary/aromatic N) is 2. The van der Waals surface area contributed by atoms with E-state index in [-0.39, 0.29) is 10.6 Å². The number of nitrogens with one attached hydrogen (secondary N) is 1. The van der Waals surface area contributed by atoms with Crippen LogP contribution >= 0.6 is 12.2 Å². The first-order chi connectivity index (χ1) is 10.6. The predicted molar refractivity (Wildman–Crippen MR) is 87.2 cm³/mol. The van der Waals surface area contributed by atoms with Crippen molar-refractivity contribution in [1.29, 1.82) is 0 Å². The number of anilines is 1. The van der Waals surface area contributed by atoms with Crippen LogP contribution in [0.2, 0.25) is 0 Å². The van der Waals surface area contributed by atoms with E-state index < -0.39 is 0 Å². The molecule has 5 nitrogen and oxygen atoms in total. The Kier molecular flexibility index (Phi) is 3.93. The lowest BCUT2D eigenvalue weighted by Crippen LogP contribution is -2.09. The molecule has 0 bridgehead atoms. The summed E-state index contributed by atoms with van der Waals surface area (Å²) < 4.78 is 7.00. The Hall–Kier alpha value is -2.60. The van der Waals surface area contributed by atoms with Crippen LogP contribution < -0.4 is 5.32 Å². The summed E-state index contributed by atoms with van der Waals surface area (Å²) in [7, 11) is 0. The van der Waals surface area contributed by atoms with Crippen LogP contribution in [0.4, 0.5) is 5.69 Å². The van der Waals surface area contributed by atoms with Gasteiger partial charge in [0.25, 0.3) is 10.7 Å². The summed E-state index contributed by atoms with van der Waals surface area (Å²) in [6, 6.07) is 14.9. The van der Waals surface area contributed by atoms with Crippen molar-refractivity contribution < 1.29 is 9.52 Å². The average molecular weight is 313 g/mol. The molecular formula is C16H15N3O2S. The highest BCUT2D eigenvalue weighted by Gasteiger charge is 2.11. The lowest BCUT2D eigenvalue weighted by molar-refractivity contribution is 0.471. The zero-order valence-electron chi connectivity index (χ0n) is 12.0. The van der Waals surface area contributed by atoms with Crippen molar-refractivity contribution in [2.75, 3.05) is 5.32 Å². The Bertz CT molecular complexity index is 854. The molecule has 112 valence electrons. The molecule has 0 aliphatic carbocycles. The summed E-state index contributed by atoms with van der Waals surface area (Å²) in [5, 5.41) is 17.4. The summed E-state index contributed by atoms with van der Waals surface area (Å²) in [5.74, 6) is 0.409. The number of aromatic nitrogens is 2. The standard InChI is InChI=1S/C16H15N3O2S/c1-11-5-4-6-12(9-11)17-10-19-16(22)21-15(18-19)13-7-2-3-8-14(13)20/h2-9,17,20H,10H2,1H3. The Morgan fingerprint density at radius 1 is 1.23 bits per heavy atom. The van der Waals surface area contributed by atoms with E-state index in [2.05, 4.69) is 10.4 Å². The minimum Gasteiger partial charge on any atom is -0.507 e. The zero-order valence-corrected chi connectivity index (χ0v) is 12.8. The minimum absolute atomic E-state index is 0.109. The third-order valence-electron chi connectivity index (χ3n) is 3.19. The molecule has 1 heterocycles. The Labute approximate surface area is 132 Å². The number of hydrogen-bond donors (Lipinski definition) is 2. The average Bonchev–Trinajstić information content (AvgIpc) is 2.87. The predicted octanol–water partition coefficient (Wildman–Crippen LogP) is 3.96. The molecule has 2 aromatic carbocycles. The number of para-hydroxylation sites is 1. The highest BCUT2D eigenvalue weighted by atomic mass is 32.1. The number of hydrogen-bond acceptors (Lipinski definition) is 5. The number of phenols is 1. The van der Waals surface area contributed by atoms with Gasteiger partial charge >= 0.3 is 0 Å². The molecule has 0 atom stereocenters. The van der Waals surface area contributed by atoms with Crippen LogP contribution in [-0.4, -0.2) is 14.9 Å². The van der Waals surface area contributed by atoms with Gasteiger partial charge in [0.05, 0.1) is 5.56 Å². The fraction of sp³-hybridized carbons (Fsp3) is 0.125. The Morgan fingerprint density at radius 2 is 2.05 bits per heavy atom. The number of benzene rings is 2. The van der Waals surface area contributed by atoms with Crippen molar-refractivity contribution in [2.24, 2.45) is 0 Å². The van der Waals surface area contributed by atoms with Crippen molar-refractivity contribution in [3.63, 3.8) is 0 Å². The molecule has 0 unspecified atom stereocenters. The normalized spacial score (nSPS) is 10.6. The van der Waals surface area contributed by atoms with Crippen LogP contribution in [0.5, 0.6) is 5.75 Å². The first-order valence-electron chi connectivity index (χ1n) is 6.80. The number of rotatable bonds is 4. The quantitative estimate of drug-likeness (QED) is 0.714. The molecule has 0 fully saturated rings. The first kappa shape index (κ1) is 14.3. The van der Waals surface area contributed by atoms with Crippen molar-refractivity contribution in [3.05, 3.63) is 58.9 Å². The maximum Gasteiger partial charge on any atom is 0.289 e. The number of phenolic OH excluding ortho intramolecular Hbond substituents is 1. The van der Waals surface area contributed by atoms with E-state index in [9.17, 15) is 5.11 Å². The summed E-state index contributed by atoms with van der Waals surface area (Å²) in [4.78, 5) is 0.249. The smallest absolute Gasteiger partial charge is 0.289 e. The first-order valence-corrected chi connectivity index (χ1v) is 7.21. The maximum atomic E-state index is 9.84. The molecule has 0 amide bonds. The molecule has 0 saturated carbocycles. The van der Waals surface area contributed by atoms with Crippen LogP contribution in [0, 0.1) is 11.8 Å². The number of aromatic hydroxyl groups is 1. The van der Waals surface area contributed by atoms with Gasteiger partial charge in [-0.2, -0.15) is 0 Å². The van der Waals surface area contributed by atoms with Crippen molar-refractivity contribution in [1.82, 2.24) is 9.78 Å². The van der Waals surface area contributed by atoms with Gasteiger partial charge in [0, 0.05) is 5.69 Å². The number of aryl methyl sites for hydroxylation is 1. The molecule has 0 radical (unpaired) electrons. The van der Waals surface area contributed by atoms with E-state index in [0.29, 0.717) is 18.1 Å². The van der Waals surface area contributed by atoms with Gasteiger partial charge in [-0.15, -0.1) is 5.10 Å². The molecule has 6 heteroatoms. The molecule has 3 aromatic rings. The summed E-state index contributed by atoms with van der Waals surface area (Å²) in [5.41, 5.74) is 2.67. The minimum atomic E-state index is 0.109. The van der Waals surface area contributed by atoms with E-state index >= 15 is 0 Å². The van der Waals surface area contributed by atoms with Crippen molar-refractivity contribution >= 4 is 17.9 Å². The monoisotopic (exact) mass is 313 g/mol. The van der Waals surface area contributed by atoms with Gasteiger partial charge in [0.15, 0.2) is 0 Å². The van der Waals surface area contributed by atoms with Gasteiger partial charge in [-0.05, 0) is 49.0 Å². The molecule has 1 aromatic heterocycles. The molecule has 2 N–H and O–H groups in total. The van der Waals surface area contributed by atoms with Gasteiger partial charge in [-0.3, -0.25) is 0 Å². The zero-order chi connectivity index (χ0) is 15.5. The van der Waals surface area contributed by atoms with E-state index in [1.165, 1.54) is 5.56 Å². The van der Waals surface area contributed by atoms with E-state index in [0.717, 1.165) is 5.69 Å². The fourth-order valence-electron chi connectivity index (χ4n) is 2.09. The topological polar surface area (TPSA) is 63.2 Å². The Balaban J connectivity index is 1.81. The molecule has 0 spiro atoms. The molecule has 0 aliphatic heterocycles. The van der Waals surface area contributed by atoms with Crippen molar-refractivity contribution in [2.45, 2.75) is 13.6 Å². The van der Waals surface area contributed by atoms with Gasteiger partial charge in [-0.1, -0.05) is 24.3 Å². The van der Waals surface area contributed by atoms with Gasteiger partial charge in [0.1, 0.15) is 12.4 Å². The third kappa shape index (κ3) is 3.01. The summed E-state index contributed by atoms with van der Waals surface area (Å²) >= 11 is 5.17. The highest BCUT2D eigenvalue weighted by molar-refractivity contribution is 7.71. The van der Waals surface area contributed by atoms with E-state index in [1.807, 2.05) is 31.2 Å². The largest absolute Gasteiger partial charge is 0.507 e. The summed E-state index contributed by atoms with van der Waals surface area (Å²) in [6.45, 7) is 2.42. The summed E-state index contributed by atoms with van der Waals surface area (Å²) in [6.07, 6.45) is 0. The van der Waals surface area contributed by atoms with Gasteiger partial charge < -0.3 is 14.8 Å². The SMILES string of the molecule is Cc1cccc(NCn2nc(-c3ccccc3O)oc2=S)c1. The maximum absolute atomic E-state index is 9.84. The van der Waals surface area contributed by atoms with Crippen LogP contribution in [0.3, 0.4) is 0 Å². The van der Waals surface area contributed by atoms with Gasteiger partial charge in [0.2, 0.25) is 0 Å². The van der Waals surface area contributed by atoms with Crippen LogP contribution in [0.1, 0.15) is 5.56 Å².